The maximum atomic E-state index is 12.2. The van der Waals surface area contributed by atoms with Crippen LogP contribution in [0.15, 0.2) is 24.3 Å². The minimum atomic E-state index is -0.646. The Bertz CT molecular complexity index is 737. The lowest BCUT2D eigenvalue weighted by Gasteiger charge is -2.11. The van der Waals surface area contributed by atoms with Crippen LogP contribution in [0.4, 0.5) is 11.6 Å². The summed E-state index contributed by atoms with van der Waals surface area (Å²) < 4.78 is 1.50. The van der Waals surface area contributed by atoms with E-state index in [2.05, 4.69) is 20.7 Å². The topological polar surface area (TPSA) is 88.9 Å². The standard InChI is InChI=1S/C15H17N5O2/c1-3-12-17-15-18-14(22)11(20(15)19-12)8-13(21)16-10-7-5-4-6-9(10)2/h4-7,11H,3,8H2,1-2H3,(H,16,21)(H,17,18,19,22)/t11-/m1/s1. The number of rotatable bonds is 4. The van der Waals surface area contributed by atoms with Crippen LogP contribution in [-0.4, -0.2) is 26.6 Å². The van der Waals surface area contributed by atoms with Crippen LogP contribution in [-0.2, 0) is 16.0 Å². The van der Waals surface area contributed by atoms with E-state index in [4.69, 9.17) is 0 Å². The molecule has 1 aromatic heterocycles. The quantitative estimate of drug-likeness (QED) is 0.898. The highest BCUT2D eigenvalue weighted by atomic mass is 16.2. The van der Waals surface area contributed by atoms with Crippen LogP contribution in [0.5, 0.6) is 0 Å². The summed E-state index contributed by atoms with van der Waals surface area (Å²) in [7, 11) is 0. The number of benzene rings is 1. The zero-order valence-electron chi connectivity index (χ0n) is 12.5. The van der Waals surface area contributed by atoms with E-state index in [0.29, 0.717) is 18.2 Å². The number of aromatic nitrogens is 3. The van der Waals surface area contributed by atoms with E-state index in [0.717, 1.165) is 11.3 Å². The van der Waals surface area contributed by atoms with Gasteiger partial charge in [-0.25, -0.2) is 4.68 Å². The Morgan fingerprint density at radius 3 is 2.91 bits per heavy atom. The predicted molar refractivity (Wildman–Crippen MR) is 81.5 cm³/mol. The number of fused-ring (bicyclic) bond motifs is 1. The molecule has 0 saturated carbocycles. The number of carbonyl (C=O) groups is 2. The number of hydrogen-bond acceptors (Lipinski definition) is 4. The molecule has 0 fully saturated rings. The Labute approximate surface area is 127 Å². The Hall–Kier alpha value is -2.70. The highest BCUT2D eigenvalue weighted by molar-refractivity contribution is 6.01. The molecule has 7 heteroatoms. The van der Waals surface area contributed by atoms with Crippen molar-refractivity contribution in [2.75, 3.05) is 10.6 Å². The molecule has 0 bridgehead atoms. The van der Waals surface area contributed by atoms with Crippen molar-refractivity contribution < 1.29 is 9.59 Å². The van der Waals surface area contributed by atoms with E-state index in [1.807, 2.05) is 38.1 Å². The summed E-state index contributed by atoms with van der Waals surface area (Å²) in [6.45, 7) is 3.85. The van der Waals surface area contributed by atoms with Crippen molar-refractivity contribution in [3.63, 3.8) is 0 Å². The van der Waals surface area contributed by atoms with Gasteiger partial charge in [0.1, 0.15) is 6.04 Å². The van der Waals surface area contributed by atoms with Crippen molar-refractivity contribution in [3.05, 3.63) is 35.7 Å². The fourth-order valence-electron chi connectivity index (χ4n) is 2.39. The fourth-order valence-corrected chi connectivity index (χ4v) is 2.39. The molecule has 1 atom stereocenters. The third kappa shape index (κ3) is 2.57. The molecule has 1 aliphatic heterocycles. The Morgan fingerprint density at radius 2 is 2.18 bits per heavy atom. The summed E-state index contributed by atoms with van der Waals surface area (Å²) in [6, 6.07) is 6.86. The molecule has 2 N–H and O–H groups in total. The monoisotopic (exact) mass is 299 g/mol. The number of nitrogens with zero attached hydrogens (tertiary/aromatic N) is 3. The smallest absolute Gasteiger partial charge is 0.252 e. The average Bonchev–Trinajstić information content (AvgIpc) is 3.00. The van der Waals surface area contributed by atoms with Crippen LogP contribution in [0.3, 0.4) is 0 Å². The first-order valence-electron chi connectivity index (χ1n) is 7.20. The molecule has 1 aromatic carbocycles. The molecule has 2 heterocycles. The second kappa shape index (κ2) is 5.59. The van der Waals surface area contributed by atoms with Crippen LogP contribution in [0.2, 0.25) is 0 Å². The highest BCUT2D eigenvalue weighted by Gasteiger charge is 2.34. The SMILES string of the molecule is CCc1nc2n(n1)[C@H](CC(=O)Nc1ccccc1C)C(=O)N2. The van der Waals surface area contributed by atoms with Crippen molar-refractivity contribution >= 4 is 23.5 Å². The summed E-state index contributed by atoms with van der Waals surface area (Å²) in [5.74, 6) is 0.586. The molecule has 0 radical (unpaired) electrons. The molecule has 114 valence electrons. The Kier molecular flexibility index (Phi) is 3.62. The number of aryl methyl sites for hydroxylation is 2. The minimum absolute atomic E-state index is 0.0275. The zero-order valence-corrected chi connectivity index (χ0v) is 12.5. The van der Waals surface area contributed by atoms with Crippen LogP contribution >= 0.6 is 0 Å². The van der Waals surface area contributed by atoms with Gasteiger partial charge in [-0.05, 0) is 18.6 Å². The number of hydrogen-bond donors (Lipinski definition) is 2. The third-order valence-electron chi connectivity index (χ3n) is 3.62. The summed E-state index contributed by atoms with van der Waals surface area (Å²) in [5, 5.41) is 9.74. The van der Waals surface area contributed by atoms with Gasteiger partial charge >= 0.3 is 0 Å². The Balaban J connectivity index is 1.73. The van der Waals surface area contributed by atoms with Crippen molar-refractivity contribution in [2.45, 2.75) is 32.7 Å². The second-order valence-electron chi connectivity index (χ2n) is 5.22. The molecule has 2 amide bonds. The van der Waals surface area contributed by atoms with Gasteiger partial charge in [0.05, 0.1) is 6.42 Å². The maximum Gasteiger partial charge on any atom is 0.252 e. The predicted octanol–water partition coefficient (Wildman–Crippen LogP) is 1.67. The second-order valence-corrected chi connectivity index (χ2v) is 5.22. The lowest BCUT2D eigenvalue weighted by Crippen LogP contribution is -2.24. The minimum Gasteiger partial charge on any atom is -0.326 e. The van der Waals surface area contributed by atoms with Crippen LogP contribution < -0.4 is 10.6 Å². The summed E-state index contributed by atoms with van der Waals surface area (Å²) in [5.41, 5.74) is 1.72. The molecule has 7 nitrogen and oxygen atoms in total. The molecule has 0 saturated heterocycles. The molecule has 3 rings (SSSR count). The van der Waals surface area contributed by atoms with Gasteiger partial charge in [-0.3, -0.25) is 14.9 Å². The summed E-state index contributed by atoms with van der Waals surface area (Å²) in [4.78, 5) is 28.4. The molecule has 0 spiro atoms. The molecular formula is C15H17N5O2. The van der Waals surface area contributed by atoms with Crippen LogP contribution in [0.1, 0.15) is 30.8 Å². The van der Waals surface area contributed by atoms with Gasteiger partial charge < -0.3 is 5.32 Å². The van der Waals surface area contributed by atoms with Crippen LogP contribution in [0.25, 0.3) is 0 Å². The molecule has 2 aromatic rings. The lowest BCUT2D eigenvalue weighted by molar-refractivity contribution is -0.123. The number of nitrogens with one attached hydrogen (secondary N) is 2. The first-order chi connectivity index (χ1) is 10.6. The van der Waals surface area contributed by atoms with Gasteiger partial charge in [0.2, 0.25) is 11.9 Å². The normalized spacial score (nSPS) is 16.3. The average molecular weight is 299 g/mol. The number of amides is 2. The molecular weight excluding hydrogens is 282 g/mol. The number of para-hydroxylation sites is 1. The van der Waals surface area contributed by atoms with Gasteiger partial charge in [-0.15, -0.1) is 0 Å². The van der Waals surface area contributed by atoms with E-state index in [1.165, 1.54) is 4.68 Å². The molecule has 22 heavy (non-hydrogen) atoms. The third-order valence-corrected chi connectivity index (χ3v) is 3.62. The number of carbonyl (C=O) groups excluding carboxylic acids is 2. The highest BCUT2D eigenvalue weighted by Crippen LogP contribution is 2.25. The van der Waals surface area contributed by atoms with Gasteiger partial charge in [0.25, 0.3) is 5.91 Å². The maximum absolute atomic E-state index is 12.2. The summed E-state index contributed by atoms with van der Waals surface area (Å²) in [6.07, 6.45) is 0.706. The largest absolute Gasteiger partial charge is 0.326 e. The molecule has 1 aliphatic rings. The van der Waals surface area contributed by atoms with Crippen molar-refractivity contribution in [1.82, 2.24) is 14.8 Å². The van der Waals surface area contributed by atoms with E-state index in [1.54, 1.807) is 0 Å². The zero-order chi connectivity index (χ0) is 15.7. The molecule has 0 unspecified atom stereocenters. The van der Waals surface area contributed by atoms with E-state index in [9.17, 15) is 9.59 Å². The first kappa shape index (κ1) is 14.2. The van der Waals surface area contributed by atoms with Crippen molar-refractivity contribution in [3.8, 4) is 0 Å². The number of anilines is 2. The van der Waals surface area contributed by atoms with Crippen molar-refractivity contribution in [2.24, 2.45) is 0 Å². The Morgan fingerprint density at radius 1 is 1.41 bits per heavy atom. The van der Waals surface area contributed by atoms with E-state index in [-0.39, 0.29) is 18.2 Å². The first-order valence-corrected chi connectivity index (χ1v) is 7.20. The van der Waals surface area contributed by atoms with Gasteiger partial charge in [-0.2, -0.15) is 10.1 Å². The van der Waals surface area contributed by atoms with Gasteiger partial charge in [0, 0.05) is 12.1 Å². The summed E-state index contributed by atoms with van der Waals surface area (Å²) >= 11 is 0. The van der Waals surface area contributed by atoms with Crippen molar-refractivity contribution in [1.29, 1.82) is 0 Å². The van der Waals surface area contributed by atoms with Gasteiger partial charge in [0.15, 0.2) is 5.82 Å². The lowest BCUT2D eigenvalue weighted by atomic mass is 10.1. The van der Waals surface area contributed by atoms with Crippen LogP contribution in [0, 0.1) is 6.92 Å². The fraction of sp³-hybridized carbons (Fsp3) is 0.333. The van der Waals surface area contributed by atoms with E-state index < -0.39 is 6.04 Å². The molecule has 0 aliphatic carbocycles. The van der Waals surface area contributed by atoms with E-state index >= 15 is 0 Å². The van der Waals surface area contributed by atoms with Gasteiger partial charge in [-0.1, -0.05) is 25.1 Å².